The van der Waals surface area contributed by atoms with Gasteiger partial charge in [0.2, 0.25) is 5.78 Å². The van der Waals surface area contributed by atoms with Crippen molar-refractivity contribution in [1.29, 1.82) is 0 Å². The fourth-order valence-corrected chi connectivity index (χ4v) is 2.67. The number of esters is 1. The van der Waals surface area contributed by atoms with Crippen molar-refractivity contribution in [2.75, 3.05) is 13.7 Å². The van der Waals surface area contributed by atoms with Crippen LogP contribution in [0.5, 0.6) is 5.75 Å². The van der Waals surface area contributed by atoms with E-state index in [2.05, 4.69) is 4.98 Å². The molecule has 0 aliphatic heterocycles. The number of hydrogen-bond donors (Lipinski definition) is 0. The highest BCUT2D eigenvalue weighted by atomic mass is 19.1. The Morgan fingerprint density at radius 1 is 1.07 bits per heavy atom. The SMILES string of the molecule is COc1ccc(F)cc1C(=O)COC(=O)CCc1ccc2ccccc2n1. The molecule has 0 aliphatic rings. The van der Waals surface area contributed by atoms with Crippen LogP contribution in [-0.2, 0) is 16.0 Å². The lowest BCUT2D eigenvalue weighted by molar-refractivity contribution is -0.142. The molecule has 0 saturated heterocycles. The van der Waals surface area contributed by atoms with Crippen LogP contribution in [0.1, 0.15) is 22.5 Å². The van der Waals surface area contributed by atoms with Crippen LogP contribution in [0.4, 0.5) is 4.39 Å². The highest BCUT2D eigenvalue weighted by Crippen LogP contribution is 2.20. The van der Waals surface area contributed by atoms with E-state index in [1.165, 1.54) is 19.2 Å². The minimum Gasteiger partial charge on any atom is -0.496 e. The van der Waals surface area contributed by atoms with Gasteiger partial charge in [-0.25, -0.2) is 4.39 Å². The number of rotatable bonds is 7. The number of nitrogens with zero attached hydrogens (tertiary/aromatic N) is 1. The first kappa shape index (κ1) is 18.5. The molecule has 0 fully saturated rings. The summed E-state index contributed by atoms with van der Waals surface area (Å²) in [7, 11) is 1.38. The van der Waals surface area contributed by atoms with Crippen molar-refractivity contribution in [3.8, 4) is 5.75 Å². The number of aromatic nitrogens is 1. The maximum absolute atomic E-state index is 13.3. The predicted octanol–water partition coefficient (Wildman–Crippen LogP) is 3.74. The van der Waals surface area contributed by atoms with Crippen LogP contribution in [0.15, 0.2) is 54.6 Å². The van der Waals surface area contributed by atoms with Gasteiger partial charge < -0.3 is 9.47 Å². The summed E-state index contributed by atoms with van der Waals surface area (Å²) in [4.78, 5) is 28.6. The molecule has 1 heterocycles. The third kappa shape index (κ3) is 4.67. The van der Waals surface area contributed by atoms with Gasteiger partial charge in [-0.05, 0) is 30.3 Å². The van der Waals surface area contributed by atoms with Gasteiger partial charge in [-0.3, -0.25) is 14.6 Å². The van der Waals surface area contributed by atoms with Crippen LogP contribution >= 0.6 is 0 Å². The third-order valence-corrected chi connectivity index (χ3v) is 4.07. The fraction of sp³-hybridized carbons (Fsp3) is 0.190. The quantitative estimate of drug-likeness (QED) is 0.470. The molecule has 6 heteroatoms. The second kappa shape index (κ2) is 8.40. The van der Waals surface area contributed by atoms with E-state index in [-0.39, 0.29) is 17.7 Å². The molecule has 0 saturated carbocycles. The standard InChI is InChI=1S/C21H18FNO4/c1-26-20-10-7-15(22)12-17(20)19(24)13-27-21(25)11-9-16-8-6-14-4-2-3-5-18(14)23-16/h2-8,10,12H,9,11,13H2,1H3. The Kier molecular flexibility index (Phi) is 5.76. The molecule has 2 aromatic carbocycles. The smallest absolute Gasteiger partial charge is 0.306 e. The van der Waals surface area contributed by atoms with Crippen LogP contribution in [-0.4, -0.2) is 30.5 Å². The molecular formula is C21H18FNO4. The maximum Gasteiger partial charge on any atom is 0.306 e. The number of halogens is 1. The van der Waals surface area contributed by atoms with Crippen molar-refractivity contribution in [2.24, 2.45) is 0 Å². The largest absolute Gasteiger partial charge is 0.496 e. The minimum absolute atomic E-state index is 0.0431. The molecule has 0 aliphatic carbocycles. The Hall–Kier alpha value is -3.28. The van der Waals surface area contributed by atoms with E-state index in [9.17, 15) is 14.0 Å². The summed E-state index contributed by atoms with van der Waals surface area (Å²) in [5.74, 6) is -1.37. The first-order valence-corrected chi connectivity index (χ1v) is 8.44. The van der Waals surface area contributed by atoms with Crippen molar-refractivity contribution in [3.63, 3.8) is 0 Å². The molecular weight excluding hydrogens is 349 g/mol. The third-order valence-electron chi connectivity index (χ3n) is 4.07. The first-order valence-electron chi connectivity index (χ1n) is 8.44. The molecule has 1 aromatic heterocycles. The second-order valence-electron chi connectivity index (χ2n) is 5.92. The van der Waals surface area contributed by atoms with Gasteiger partial charge >= 0.3 is 5.97 Å². The normalized spacial score (nSPS) is 10.6. The van der Waals surface area contributed by atoms with E-state index >= 15 is 0 Å². The topological polar surface area (TPSA) is 65.5 Å². The number of hydrogen-bond acceptors (Lipinski definition) is 5. The number of pyridine rings is 1. The maximum atomic E-state index is 13.3. The molecule has 0 N–H and O–H groups in total. The number of para-hydroxylation sites is 1. The van der Waals surface area contributed by atoms with E-state index in [1.54, 1.807) is 0 Å². The lowest BCUT2D eigenvalue weighted by atomic mass is 10.1. The van der Waals surface area contributed by atoms with Gasteiger partial charge in [0.05, 0.1) is 24.6 Å². The molecule has 138 valence electrons. The second-order valence-corrected chi connectivity index (χ2v) is 5.92. The Bertz CT molecular complexity index is 987. The summed E-state index contributed by atoms with van der Waals surface area (Å²) < 4.78 is 23.4. The number of ketones is 1. The van der Waals surface area contributed by atoms with E-state index in [1.807, 2.05) is 36.4 Å². The Balaban J connectivity index is 1.54. The number of Topliss-reactive ketones (excluding diaryl/α,β-unsaturated/α-hetero) is 1. The van der Waals surface area contributed by atoms with Gasteiger partial charge in [0.1, 0.15) is 11.6 Å². The van der Waals surface area contributed by atoms with E-state index in [4.69, 9.17) is 9.47 Å². The molecule has 5 nitrogen and oxygen atoms in total. The van der Waals surface area contributed by atoms with Crippen molar-refractivity contribution in [2.45, 2.75) is 12.8 Å². The lowest BCUT2D eigenvalue weighted by Crippen LogP contribution is -2.15. The summed E-state index contributed by atoms with van der Waals surface area (Å²) in [5, 5.41) is 1.03. The average molecular weight is 367 g/mol. The number of benzene rings is 2. The molecule has 0 radical (unpaired) electrons. The molecule has 3 rings (SSSR count). The van der Waals surface area contributed by atoms with E-state index in [0.29, 0.717) is 6.42 Å². The zero-order valence-corrected chi connectivity index (χ0v) is 14.8. The van der Waals surface area contributed by atoms with Gasteiger partial charge in [0.25, 0.3) is 0 Å². The monoisotopic (exact) mass is 367 g/mol. The number of fused-ring (bicyclic) bond motifs is 1. The summed E-state index contributed by atoms with van der Waals surface area (Å²) in [5.41, 5.74) is 1.67. The van der Waals surface area contributed by atoms with Crippen LogP contribution in [0.2, 0.25) is 0 Å². The van der Waals surface area contributed by atoms with Gasteiger partial charge in [-0.15, -0.1) is 0 Å². The van der Waals surface area contributed by atoms with Crippen molar-refractivity contribution >= 4 is 22.7 Å². The van der Waals surface area contributed by atoms with Crippen LogP contribution in [0.3, 0.4) is 0 Å². The summed E-state index contributed by atoms with van der Waals surface area (Å²) >= 11 is 0. The summed E-state index contributed by atoms with van der Waals surface area (Å²) in [6.45, 7) is -0.468. The van der Waals surface area contributed by atoms with Crippen LogP contribution < -0.4 is 4.74 Å². The molecule has 27 heavy (non-hydrogen) atoms. The number of aryl methyl sites for hydroxylation is 1. The van der Waals surface area contributed by atoms with Gasteiger partial charge in [0.15, 0.2) is 6.61 Å². The van der Waals surface area contributed by atoms with Crippen molar-refractivity contribution in [3.05, 3.63) is 71.7 Å². The number of methoxy groups -OCH3 is 1. The zero-order chi connectivity index (χ0) is 19.2. The molecule has 0 atom stereocenters. The number of carbonyl (C=O) groups excluding carboxylic acids is 2. The fourth-order valence-electron chi connectivity index (χ4n) is 2.67. The highest BCUT2D eigenvalue weighted by Gasteiger charge is 2.16. The lowest BCUT2D eigenvalue weighted by Gasteiger charge is -2.08. The highest BCUT2D eigenvalue weighted by molar-refractivity contribution is 6.00. The molecule has 3 aromatic rings. The molecule has 0 amide bonds. The Morgan fingerprint density at radius 2 is 1.89 bits per heavy atom. The minimum atomic E-state index is -0.562. The number of ether oxygens (including phenoxy) is 2. The van der Waals surface area contributed by atoms with E-state index in [0.717, 1.165) is 22.7 Å². The molecule has 0 unspecified atom stereocenters. The molecule has 0 bridgehead atoms. The number of carbonyl (C=O) groups is 2. The Morgan fingerprint density at radius 3 is 2.70 bits per heavy atom. The van der Waals surface area contributed by atoms with Crippen LogP contribution in [0.25, 0.3) is 10.9 Å². The van der Waals surface area contributed by atoms with Gasteiger partial charge in [-0.1, -0.05) is 24.3 Å². The first-order chi connectivity index (χ1) is 13.1. The Labute approximate surface area is 155 Å². The zero-order valence-electron chi connectivity index (χ0n) is 14.8. The van der Waals surface area contributed by atoms with Crippen LogP contribution in [0, 0.1) is 5.82 Å². The molecule has 0 spiro atoms. The van der Waals surface area contributed by atoms with Crippen molar-refractivity contribution < 1.29 is 23.5 Å². The van der Waals surface area contributed by atoms with Gasteiger partial charge in [-0.2, -0.15) is 0 Å². The van der Waals surface area contributed by atoms with Gasteiger partial charge in [0, 0.05) is 17.5 Å². The summed E-state index contributed by atoms with van der Waals surface area (Å²) in [6.07, 6.45) is 0.500. The predicted molar refractivity (Wildman–Crippen MR) is 98.3 cm³/mol. The summed E-state index contributed by atoms with van der Waals surface area (Å²) in [6, 6.07) is 15.1. The average Bonchev–Trinajstić information content (AvgIpc) is 2.70. The van der Waals surface area contributed by atoms with E-state index < -0.39 is 24.2 Å². The van der Waals surface area contributed by atoms with Crippen molar-refractivity contribution in [1.82, 2.24) is 4.98 Å².